The first-order valence-corrected chi connectivity index (χ1v) is 6.80. The Kier molecular flexibility index (Phi) is 2.14. The van der Waals surface area contributed by atoms with E-state index in [0.717, 1.165) is 19.3 Å². The molecule has 1 aliphatic heterocycles. The summed E-state index contributed by atoms with van der Waals surface area (Å²) < 4.78 is 0. The lowest BCUT2D eigenvalue weighted by Gasteiger charge is -2.42. The third kappa shape index (κ3) is 1.42. The number of allylic oxidation sites excluding steroid dienone is 1. The van der Waals surface area contributed by atoms with Gasteiger partial charge in [-0.1, -0.05) is 35.3 Å². The number of oxime groups is 1. The second kappa shape index (κ2) is 3.74. The van der Waals surface area contributed by atoms with Gasteiger partial charge in [-0.2, -0.15) is 0 Å². The molecular weight excluding hydrogens is 234 g/mol. The second-order valence-electron chi connectivity index (χ2n) is 5.66. The van der Waals surface area contributed by atoms with Gasteiger partial charge in [-0.25, -0.2) is 0 Å². The number of benzene rings is 1. The molecule has 3 aliphatic rings. The Bertz CT molecular complexity index is 637. The van der Waals surface area contributed by atoms with Crippen LogP contribution in [0.3, 0.4) is 0 Å². The van der Waals surface area contributed by atoms with Crippen LogP contribution < -0.4 is 0 Å². The third-order valence-electron chi connectivity index (χ3n) is 4.69. The zero-order valence-electron chi connectivity index (χ0n) is 10.7. The molecule has 2 aliphatic carbocycles. The van der Waals surface area contributed by atoms with Crippen LogP contribution in [-0.4, -0.2) is 12.3 Å². The van der Waals surface area contributed by atoms with E-state index in [2.05, 4.69) is 41.4 Å². The molecule has 1 aromatic rings. The first kappa shape index (κ1) is 10.9. The fourth-order valence-corrected chi connectivity index (χ4v) is 3.65. The average Bonchev–Trinajstić information content (AvgIpc) is 2.91. The summed E-state index contributed by atoms with van der Waals surface area (Å²) in [5.41, 5.74) is 3.86. The summed E-state index contributed by atoms with van der Waals surface area (Å²) in [7, 11) is 0. The molecule has 1 aromatic carbocycles. The minimum atomic E-state index is -0.130. The van der Waals surface area contributed by atoms with E-state index in [1.54, 1.807) is 0 Å². The quantitative estimate of drug-likeness (QED) is 0.648. The standard InChI is InChI=1S/C17H15NO/c1-2-17-8-7-12-5-3-4-6-14(12)15(17)9-16-13(10-17)11-18-19-16/h1,3-6,9,11,13,16H,7-8,10H2. The third-order valence-corrected chi connectivity index (χ3v) is 4.69. The van der Waals surface area contributed by atoms with Crippen molar-refractivity contribution in [3.8, 4) is 12.3 Å². The van der Waals surface area contributed by atoms with Crippen LogP contribution in [0.1, 0.15) is 24.0 Å². The molecule has 0 bridgehead atoms. The van der Waals surface area contributed by atoms with Gasteiger partial charge in [-0.05, 0) is 42.0 Å². The first-order valence-electron chi connectivity index (χ1n) is 6.80. The van der Waals surface area contributed by atoms with Gasteiger partial charge >= 0.3 is 0 Å². The Morgan fingerprint density at radius 3 is 3.16 bits per heavy atom. The Morgan fingerprint density at radius 2 is 2.26 bits per heavy atom. The van der Waals surface area contributed by atoms with Crippen LogP contribution in [0.25, 0.3) is 5.57 Å². The smallest absolute Gasteiger partial charge is 0.154 e. The molecule has 1 heterocycles. The monoisotopic (exact) mass is 249 g/mol. The van der Waals surface area contributed by atoms with Crippen molar-refractivity contribution in [2.45, 2.75) is 25.4 Å². The van der Waals surface area contributed by atoms with Crippen LogP contribution in [-0.2, 0) is 11.3 Å². The van der Waals surface area contributed by atoms with E-state index in [9.17, 15) is 0 Å². The molecule has 0 saturated carbocycles. The highest BCUT2D eigenvalue weighted by Crippen LogP contribution is 2.52. The second-order valence-corrected chi connectivity index (χ2v) is 5.66. The van der Waals surface area contributed by atoms with Crippen molar-refractivity contribution in [2.75, 3.05) is 0 Å². The Balaban J connectivity index is 1.91. The van der Waals surface area contributed by atoms with E-state index in [1.807, 2.05) is 6.21 Å². The molecule has 0 spiro atoms. The highest BCUT2D eigenvalue weighted by Gasteiger charge is 2.46. The molecule has 0 N–H and O–H groups in total. The van der Waals surface area contributed by atoms with Crippen molar-refractivity contribution >= 4 is 11.8 Å². The van der Waals surface area contributed by atoms with Crippen LogP contribution in [0.15, 0.2) is 35.5 Å². The Labute approximate surface area is 113 Å². The highest BCUT2D eigenvalue weighted by atomic mass is 16.6. The highest BCUT2D eigenvalue weighted by molar-refractivity contribution is 5.80. The number of hydrogen-bond donors (Lipinski definition) is 0. The van der Waals surface area contributed by atoms with Gasteiger partial charge < -0.3 is 4.84 Å². The number of terminal acetylenes is 1. The number of nitrogens with zero attached hydrogens (tertiary/aromatic N) is 1. The predicted octanol–water partition coefficient (Wildman–Crippen LogP) is 3.04. The fraction of sp³-hybridized carbons (Fsp3) is 0.353. The van der Waals surface area contributed by atoms with E-state index in [0.29, 0.717) is 5.92 Å². The molecule has 0 radical (unpaired) electrons. The molecule has 0 saturated heterocycles. The summed E-state index contributed by atoms with van der Waals surface area (Å²) in [6.07, 6.45) is 13.2. The first-order chi connectivity index (χ1) is 9.32. The molecule has 19 heavy (non-hydrogen) atoms. The van der Waals surface area contributed by atoms with Gasteiger partial charge in [0.05, 0.1) is 11.6 Å². The van der Waals surface area contributed by atoms with Gasteiger partial charge in [-0.15, -0.1) is 6.42 Å². The predicted molar refractivity (Wildman–Crippen MR) is 75.5 cm³/mol. The van der Waals surface area contributed by atoms with Crippen LogP contribution >= 0.6 is 0 Å². The fourth-order valence-electron chi connectivity index (χ4n) is 3.65. The molecular formula is C17H15NO. The summed E-state index contributed by atoms with van der Waals surface area (Å²) in [6.45, 7) is 0. The lowest BCUT2D eigenvalue weighted by atomic mass is 9.61. The van der Waals surface area contributed by atoms with Crippen molar-refractivity contribution < 1.29 is 4.84 Å². The zero-order valence-corrected chi connectivity index (χ0v) is 10.7. The van der Waals surface area contributed by atoms with Crippen LogP contribution in [0.4, 0.5) is 0 Å². The van der Waals surface area contributed by atoms with Gasteiger partial charge in [-0.3, -0.25) is 0 Å². The maximum absolute atomic E-state index is 5.91. The van der Waals surface area contributed by atoms with E-state index in [-0.39, 0.29) is 11.5 Å². The van der Waals surface area contributed by atoms with Crippen molar-refractivity contribution in [1.29, 1.82) is 0 Å². The SMILES string of the molecule is C#CC12CCc3ccccc3C1=CC1ON=CC1C2. The van der Waals surface area contributed by atoms with Crippen LogP contribution in [0.5, 0.6) is 0 Å². The maximum atomic E-state index is 5.91. The summed E-state index contributed by atoms with van der Waals surface area (Å²) in [5, 5.41) is 3.97. The molecule has 2 nitrogen and oxygen atoms in total. The molecule has 94 valence electrons. The molecule has 0 fully saturated rings. The molecule has 3 atom stereocenters. The van der Waals surface area contributed by atoms with Gasteiger partial charge in [0, 0.05) is 5.92 Å². The lowest BCUT2D eigenvalue weighted by molar-refractivity contribution is 0.0833. The van der Waals surface area contributed by atoms with Crippen molar-refractivity contribution in [2.24, 2.45) is 16.5 Å². The minimum absolute atomic E-state index is 0.0719. The Hall–Kier alpha value is -2.01. The number of aryl methyl sites for hydroxylation is 1. The summed E-state index contributed by atoms with van der Waals surface area (Å²) in [4.78, 5) is 5.43. The summed E-state index contributed by atoms with van der Waals surface area (Å²) >= 11 is 0. The van der Waals surface area contributed by atoms with Crippen LogP contribution in [0.2, 0.25) is 0 Å². The van der Waals surface area contributed by atoms with E-state index >= 15 is 0 Å². The molecule has 4 rings (SSSR count). The van der Waals surface area contributed by atoms with E-state index in [4.69, 9.17) is 11.3 Å². The molecule has 0 amide bonds. The van der Waals surface area contributed by atoms with Gasteiger partial charge in [0.1, 0.15) is 0 Å². The molecule has 0 aromatic heterocycles. The van der Waals surface area contributed by atoms with Gasteiger partial charge in [0.15, 0.2) is 6.10 Å². The Morgan fingerprint density at radius 1 is 1.37 bits per heavy atom. The van der Waals surface area contributed by atoms with E-state index < -0.39 is 0 Å². The van der Waals surface area contributed by atoms with Gasteiger partial charge in [0.2, 0.25) is 0 Å². The number of rotatable bonds is 0. The number of hydrogen-bond acceptors (Lipinski definition) is 2. The van der Waals surface area contributed by atoms with Crippen molar-refractivity contribution in [3.63, 3.8) is 0 Å². The minimum Gasteiger partial charge on any atom is -0.388 e. The number of fused-ring (bicyclic) bond motifs is 4. The molecule has 3 unspecified atom stereocenters. The van der Waals surface area contributed by atoms with Crippen molar-refractivity contribution in [1.82, 2.24) is 0 Å². The maximum Gasteiger partial charge on any atom is 0.154 e. The van der Waals surface area contributed by atoms with Crippen molar-refractivity contribution in [3.05, 3.63) is 41.5 Å². The van der Waals surface area contributed by atoms with Gasteiger partial charge in [0.25, 0.3) is 0 Å². The van der Waals surface area contributed by atoms with Crippen LogP contribution in [0, 0.1) is 23.7 Å². The summed E-state index contributed by atoms with van der Waals surface area (Å²) in [6, 6.07) is 8.57. The summed E-state index contributed by atoms with van der Waals surface area (Å²) in [5.74, 6) is 3.43. The van der Waals surface area contributed by atoms with E-state index in [1.165, 1.54) is 16.7 Å². The largest absolute Gasteiger partial charge is 0.388 e. The topological polar surface area (TPSA) is 21.6 Å². The lowest BCUT2D eigenvalue weighted by Crippen LogP contribution is -2.36. The zero-order chi connectivity index (χ0) is 12.9. The molecule has 2 heteroatoms. The normalized spacial score (nSPS) is 34.4. The average molecular weight is 249 g/mol.